The van der Waals surface area contributed by atoms with E-state index < -0.39 is 0 Å². The summed E-state index contributed by atoms with van der Waals surface area (Å²) in [4.78, 5) is 0. The van der Waals surface area contributed by atoms with E-state index in [2.05, 4.69) is 13.5 Å². The molecule has 0 aromatic heterocycles. The highest BCUT2D eigenvalue weighted by Crippen LogP contribution is 2.12. The van der Waals surface area contributed by atoms with Crippen LogP contribution >= 0.6 is 0 Å². The van der Waals surface area contributed by atoms with E-state index in [1.165, 1.54) is 24.8 Å². The molecule has 0 fully saturated rings. The molecule has 0 bridgehead atoms. The van der Waals surface area contributed by atoms with Crippen molar-refractivity contribution >= 4 is 0 Å². The zero-order chi connectivity index (χ0) is 9.23. The third-order valence-corrected chi connectivity index (χ3v) is 1.79. The van der Waals surface area contributed by atoms with E-state index in [9.17, 15) is 0 Å². The Balaban J connectivity index is 3.63. The van der Waals surface area contributed by atoms with Crippen molar-refractivity contribution in [2.45, 2.75) is 39.0 Å². The van der Waals surface area contributed by atoms with Crippen LogP contribution in [0.25, 0.3) is 0 Å². The van der Waals surface area contributed by atoms with Gasteiger partial charge in [0.25, 0.3) is 0 Å². The first-order chi connectivity index (χ1) is 5.85. The van der Waals surface area contributed by atoms with Crippen molar-refractivity contribution in [1.82, 2.24) is 0 Å². The lowest BCUT2D eigenvalue weighted by molar-refractivity contribution is 0.331. The van der Waals surface area contributed by atoms with Crippen molar-refractivity contribution in [3.05, 3.63) is 24.5 Å². The number of methoxy groups -OCH3 is 1. The van der Waals surface area contributed by atoms with Gasteiger partial charge in [0.1, 0.15) is 0 Å². The molecule has 0 aliphatic heterocycles. The number of allylic oxidation sites excluding steroid dienone is 2. The van der Waals surface area contributed by atoms with Crippen LogP contribution in [0.3, 0.4) is 0 Å². The molecule has 1 heteroatoms. The van der Waals surface area contributed by atoms with Gasteiger partial charge in [-0.15, -0.1) is 6.58 Å². The first kappa shape index (κ1) is 11.3. The fourth-order valence-electron chi connectivity index (χ4n) is 1.16. The van der Waals surface area contributed by atoms with Crippen LogP contribution < -0.4 is 0 Å². The molecule has 0 N–H and O–H groups in total. The van der Waals surface area contributed by atoms with Crippen LogP contribution in [0, 0.1) is 0 Å². The largest absolute Gasteiger partial charge is 0.504 e. The van der Waals surface area contributed by atoms with Crippen LogP contribution in [0.1, 0.15) is 39.0 Å². The van der Waals surface area contributed by atoms with Gasteiger partial charge in [0.05, 0.1) is 13.4 Å². The van der Waals surface area contributed by atoms with Gasteiger partial charge in [-0.3, -0.25) is 0 Å². The zero-order valence-electron chi connectivity index (χ0n) is 8.31. The summed E-state index contributed by atoms with van der Waals surface area (Å²) in [6, 6.07) is 0. The predicted molar refractivity (Wildman–Crippen MR) is 54.0 cm³/mol. The lowest BCUT2D eigenvalue weighted by Gasteiger charge is -2.03. The molecule has 0 rings (SSSR count). The maximum Gasteiger partial charge on any atom is 0.0819 e. The number of unbranched alkanes of at least 4 members (excludes halogenated alkanes) is 2. The average molecular weight is 168 g/mol. The molecule has 0 amide bonds. The summed E-state index contributed by atoms with van der Waals surface area (Å²) >= 11 is 0. The van der Waals surface area contributed by atoms with Gasteiger partial charge in [-0.25, -0.2) is 0 Å². The summed E-state index contributed by atoms with van der Waals surface area (Å²) in [6.45, 7) is 5.93. The number of ether oxygens (including phenoxy) is 1. The summed E-state index contributed by atoms with van der Waals surface area (Å²) in [5, 5.41) is 0. The Morgan fingerprint density at radius 2 is 2.17 bits per heavy atom. The molecule has 0 spiro atoms. The summed E-state index contributed by atoms with van der Waals surface area (Å²) < 4.78 is 4.98. The quantitative estimate of drug-likeness (QED) is 0.320. The Bertz CT molecular complexity index is 136. The minimum atomic E-state index is 0.956. The van der Waals surface area contributed by atoms with Crippen molar-refractivity contribution in [3.8, 4) is 0 Å². The van der Waals surface area contributed by atoms with Crippen LogP contribution in [0.5, 0.6) is 0 Å². The molecule has 0 aromatic carbocycles. The first-order valence-electron chi connectivity index (χ1n) is 4.66. The fraction of sp³-hybridized carbons (Fsp3) is 0.636. The van der Waals surface area contributed by atoms with Crippen LogP contribution in [0.4, 0.5) is 0 Å². The van der Waals surface area contributed by atoms with E-state index in [0.717, 1.165) is 12.8 Å². The van der Waals surface area contributed by atoms with Crippen molar-refractivity contribution in [2.24, 2.45) is 0 Å². The lowest BCUT2D eigenvalue weighted by atomic mass is 10.1. The van der Waals surface area contributed by atoms with E-state index in [1.54, 1.807) is 7.11 Å². The van der Waals surface area contributed by atoms with Crippen LogP contribution in [0.15, 0.2) is 24.5 Å². The molecule has 1 nitrogen and oxygen atoms in total. The minimum absolute atomic E-state index is 0.956. The Hall–Kier alpha value is -0.720. The van der Waals surface area contributed by atoms with Gasteiger partial charge in [-0.1, -0.05) is 25.8 Å². The normalized spacial score (nSPS) is 11.3. The van der Waals surface area contributed by atoms with Gasteiger partial charge in [-0.05, 0) is 24.8 Å². The molecule has 0 atom stereocenters. The molecular formula is C11H20O. The van der Waals surface area contributed by atoms with Crippen molar-refractivity contribution in [1.29, 1.82) is 0 Å². The Kier molecular flexibility index (Phi) is 7.87. The van der Waals surface area contributed by atoms with Crippen LogP contribution in [-0.4, -0.2) is 7.11 Å². The molecule has 0 heterocycles. The molecule has 0 saturated heterocycles. The monoisotopic (exact) mass is 168 g/mol. The second-order valence-corrected chi connectivity index (χ2v) is 2.96. The van der Waals surface area contributed by atoms with E-state index in [4.69, 9.17) is 4.74 Å². The summed E-state index contributed by atoms with van der Waals surface area (Å²) in [5.41, 5.74) is 1.35. The Labute approximate surface area is 76.1 Å². The average Bonchev–Trinajstić information content (AvgIpc) is 2.06. The van der Waals surface area contributed by atoms with E-state index >= 15 is 0 Å². The third kappa shape index (κ3) is 6.02. The summed E-state index contributed by atoms with van der Waals surface area (Å²) in [5.74, 6) is 0. The van der Waals surface area contributed by atoms with Crippen LogP contribution in [0.2, 0.25) is 0 Å². The molecule has 0 saturated carbocycles. The molecule has 12 heavy (non-hydrogen) atoms. The van der Waals surface area contributed by atoms with Crippen molar-refractivity contribution < 1.29 is 4.74 Å². The van der Waals surface area contributed by atoms with Crippen LogP contribution in [-0.2, 0) is 4.74 Å². The summed E-state index contributed by atoms with van der Waals surface area (Å²) in [7, 11) is 1.70. The number of rotatable bonds is 7. The highest BCUT2D eigenvalue weighted by Gasteiger charge is 1.94. The molecule has 0 aromatic rings. The first-order valence-corrected chi connectivity index (χ1v) is 4.66. The molecule has 70 valence electrons. The highest BCUT2D eigenvalue weighted by molar-refractivity contribution is 5.02. The van der Waals surface area contributed by atoms with Gasteiger partial charge in [0, 0.05) is 0 Å². The minimum Gasteiger partial charge on any atom is -0.504 e. The maximum atomic E-state index is 4.98. The third-order valence-electron chi connectivity index (χ3n) is 1.79. The SMILES string of the molecule is C=CCC(=COC)CCCCC. The second-order valence-electron chi connectivity index (χ2n) is 2.96. The molecule has 0 aliphatic rings. The van der Waals surface area contributed by atoms with Gasteiger partial charge in [-0.2, -0.15) is 0 Å². The Morgan fingerprint density at radius 1 is 1.42 bits per heavy atom. The molecule has 0 unspecified atom stereocenters. The summed E-state index contributed by atoms with van der Waals surface area (Å²) in [6.07, 6.45) is 9.71. The van der Waals surface area contributed by atoms with Crippen molar-refractivity contribution in [3.63, 3.8) is 0 Å². The fourth-order valence-corrected chi connectivity index (χ4v) is 1.16. The van der Waals surface area contributed by atoms with E-state index in [0.29, 0.717) is 0 Å². The smallest absolute Gasteiger partial charge is 0.0819 e. The zero-order valence-corrected chi connectivity index (χ0v) is 8.31. The standard InChI is InChI=1S/C11H20O/c1-4-6-7-9-11(8-5-2)10-12-3/h5,10H,2,4,6-9H2,1,3H3. The Morgan fingerprint density at radius 3 is 2.67 bits per heavy atom. The molecule has 0 radical (unpaired) electrons. The topological polar surface area (TPSA) is 9.23 Å². The maximum absolute atomic E-state index is 4.98. The second kappa shape index (κ2) is 8.38. The molecular weight excluding hydrogens is 148 g/mol. The molecule has 0 aliphatic carbocycles. The van der Waals surface area contributed by atoms with Gasteiger partial charge in [0.15, 0.2) is 0 Å². The van der Waals surface area contributed by atoms with E-state index in [1.807, 2.05) is 12.3 Å². The highest BCUT2D eigenvalue weighted by atomic mass is 16.5. The van der Waals surface area contributed by atoms with E-state index in [-0.39, 0.29) is 0 Å². The predicted octanol–water partition coefficient (Wildman–Crippen LogP) is 3.67. The van der Waals surface area contributed by atoms with Crippen molar-refractivity contribution in [2.75, 3.05) is 7.11 Å². The van der Waals surface area contributed by atoms with Gasteiger partial charge >= 0.3 is 0 Å². The van der Waals surface area contributed by atoms with Gasteiger partial charge in [0.2, 0.25) is 0 Å². The lowest BCUT2D eigenvalue weighted by Crippen LogP contribution is -1.84. The number of hydrogen-bond acceptors (Lipinski definition) is 1. The van der Waals surface area contributed by atoms with Gasteiger partial charge < -0.3 is 4.74 Å². The number of hydrogen-bond donors (Lipinski definition) is 0.